The molecule has 1 unspecified atom stereocenters. The number of rotatable bonds is 4. The topological polar surface area (TPSA) is 3.24 Å². The fourth-order valence-corrected chi connectivity index (χ4v) is 11.2. The van der Waals surface area contributed by atoms with Gasteiger partial charge in [-0.1, -0.05) is 160 Å². The van der Waals surface area contributed by atoms with Gasteiger partial charge in [-0.05, 0) is 173 Å². The minimum atomic E-state index is -0.0475. The SMILES string of the molecule is Cc1cccc(C)c1-c1cc2c3c(c1)C1Cc4ccc(-c5ccccc5)cc4-c4cc(-c5ccccc5)cc(c41)B3N(c1ccc(C(C)(C)C)cc1)c1cc3ccccc3cc1-2. The van der Waals surface area contributed by atoms with Gasteiger partial charge in [0, 0.05) is 22.9 Å². The van der Waals surface area contributed by atoms with Gasteiger partial charge in [-0.25, -0.2) is 0 Å². The summed E-state index contributed by atoms with van der Waals surface area (Å²) in [4.78, 5) is 2.70. The molecule has 2 heteroatoms. The standard InChI is InChI=1S/C60H48BN/c1-37-15-14-16-38(2)57(37)46-33-53-50-30-41-21-12-13-22-42(41)36-56(50)62(48-27-25-47(26-28-48)60(3,4)5)61-55-35-45(40-19-10-7-11-20-40)32-51-49-29-43(39-17-8-6-9-18-39)23-24-44(49)31-52(58(51)55)54(34-46)59(53)61/h6-30,32-36,52H,31H2,1-5H3. The van der Waals surface area contributed by atoms with Crippen molar-refractivity contribution in [3.05, 3.63) is 215 Å². The molecule has 3 aliphatic rings. The Labute approximate surface area is 366 Å². The Kier molecular flexibility index (Phi) is 8.22. The molecule has 9 aromatic rings. The summed E-state index contributed by atoms with van der Waals surface area (Å²) in [6, 6.07) is 69.5. The number of nitrogens with zero attached hydrogens (tertiary/aromatic N) is 1. The number of aryl methyl sites for hydroxylation is 2. The minimum Gasteiger partial charge on any atom is -0.376 e. The maximum atomic E-state index is 2.70. The third-order valence-electron chi connectivity index (χ3n) is 14.2. The number of hydrogen-bond donors (Lipinski definition) is 0. The Morgan fingerprint density at radius 3 is 1.82 bits per heavy atom. The Hall–Kier alpha value is -6.90. The molecule has 0 N–H and O–H groups in total. The van der Waals surface area contributed by atoms with Crippen LogP contribution in [0.4, 0.5) is 11.4 Å². The molecular weight excluding hydrogens is 745 g/mol. The molecule has 0 bridgehead atoms. The van der Waals surface area contributed by atoms with Crippen LogP contribution in [0.15, 0.2) is 182 Å². The fourth-order valence-electron chi connectivity index (χ4n) is 11.2. The molecule has 0 amide bonds. The minimum absolute atomic E-state index is 0.0472. The van der Waals surface area contributed by atoms with Gasteiger partial charge in [-0.3, -0.25) is 0 Å². The van der Waals surface area contributed by atoms with Crippen LogP contribution in [-0.2, 0) is 11.8 Å². The number of benzene rings is 9. The van der Waals surface area contributed by atoms with Gasteiger partial charge in [0.15, 0.2) is 0 Å². The van der Waals surface area contributed by atoms with E-state index in [0.29, 0.717) is 0 Å². The summed E-state index contributed by atoms with van der Waals surface area (Å²) < 4.78 is 0. The van der Waals surface area contributed by atoms with E-state index in [1.165, 1.54) is 122 Å². The van der Waals surface area contributed by atoms with Crippen LogP contribution in [0.25, 0.3) is 66.4 Å². The van der Waals surface area contributed by atoms with Crippen LogP contribution in [0, 0.1) is 13.8 Å². The maximum absolute atomic E-state index is 2.70. The summed E-state index contributed by atoms with van der Waals surface area (Å²) >= 11 is 0. The molecule has 0 fully saturated rings. The molecule has 62 heavy (non-hydrogen) atoms. The van der Waals surface area contributed by atoms with Gasteiger partial charge < -0.3 is 4.81 Å². The number of fused-ring (bicyclic) bond motifs is 7. The van der Waals surface area contributed by atoms with Crippen LogP contribution in [0.2, 0.25) is 0 Å². The predicted molar refractivity (Wildman–Crippen MR) is 265 cm³/mol. The van der Waals surface area contributed by atoms with Crippen LogP contribution in [0.1, 0.15) is 60.1 Å². The van der Waals surface area contributed by atoms with Gasteiger partial charge in [-0.15, -0.1) is 0 Å². The van der Waals surface area contributed by atoms with Crippen LogP contribution in [0.3, 0.4) is 0 Å². The third-order valence-corrected chi connectivity index (χ3v) is 14.2. The first kappa shape index (κ1) is 36.9. The Bertz CT molecular complexity index is 3240. The molecule has 0 spiro atoms. The van der Waals surface area contributed by atoms with Gasteiger partial charge in [-0.2, -0.15) is 0 Å². The highest BCUT2D eigenvalue weighted by molar-refractivity contribution is 6.92. The average molecular weight is 794 g/mol. The molecule has 296 valence electrons. The third kappa shape index (κ3) is 5.70. The van der Waals surface area contributed by atoms with Crippen molar-refractivity contribution in [3.63, 3.8) is 0 Å². The van der Waals surface area contributed by atoms with Gasteiger partial charge in [0.2, 0.25) is 0 Å². The van der Waals surface area contributed by atoms with E-state index in [9.17, 15) is 0 Å². The molecule has 1 nitrogen and oxygen atoms in total. The zero-order chi connectivity index (χ0) is 41.9. The quantitative estimate of drug-likeness (QED) is 0.160. The molecular formula is C60H48BN. The van der Waals surface area contributed by atoms with E-state index >= 15 is 0 Å². The lowest BCUT2D eigenvalue weighted by atomic mass is 9.39. The van der Waals surface area contributed by atoms with Gasteiger partial charge in [0.05, 0.1) is 0 Å². The highest BCUT2D eigenvalue weighted by Crippen LogP contribution is 2.52. The van der Waals surface area contributed by atoms with E-state index in [1.54, 1.807) is 0 Å². The molecule has 2 heterocycles. The van der Waals surface area contributed by atoms with Crippen molar-refractivity contribution in [2.24, 2.45) is 0 Å². The van der Waals surface area contributed by atoms with E-state index in [-0.39, 0.29) is 18.2 Å². The second-order valence-corrected chi connectivity index (χ2v) is 19.0. The summed E-state index contributed by atoms with van der Waals surface area (Å²) in [7, 11) is 0. The Morgan fingerprint density at radius 1 is 0.500 bits per heavy atom. The molecule has 0 saturated heterocycles. The molecule has 0 saturated carbocycles. The zero-order valence-electron chi connectivity index (χ0n) is 36.1. The second kappa shape index (κ2) is 13.8. The molecule has 0 radical (unpaired) electrons. The normalized spacial score (nSPS) is 14.6. The van der Waals surface area contributed by atoms with Crippen molar-refractivity contribution in [1.82, 2.24) is 0 Å². The first-order chi connectivity index (χ1) is 30.2. The highest BCUT2D eigenvalue weighted by atomic mass is 15.1. The summed E-state index contributed by atoms with van der Waals surface area (Å²) in [6.45, 7) is 11.4. The van der Waals surface area contributed by atoms with Crippen LogP contribution >= 0.6 is 0 Å². The summed E-state index contributed by atoms with van der Waals surface area (Å²) in [5.74, 6) is 0.196. The molecule has 2 aliphatic heterocycles. The second-order valence-electron chi connectivity index (χ2n) is 19.0. The lowest BCUT2D eigenvalue weighted by Gasteiger charge is -2.47. The van der Waals surface area contributed by atoms with Crippen molar-refractivity contribution >= 4 is 39.9 Å². The maximum Gasteiger partial charge on any atom is 0.329 e. The van der Waals surface area contributed by atoms with Crippen molar-refractivity contribution in [3.8, 4) is 55.6 Å². The van der Waals surface area contributed by atoms with E-state index in [4.69, 9.17) is 0 Å². The van der Waals surface area contributed by atoms with Crippen molar-refractivity contribution in [2.75, 3.05) is 4.81 Å². The molecule has 0 aromatic heterocycles. The zero-order valence-corrected chi connectivity index (χ0v) is 36.1. The summed E-state index contributed by atoms with van der Waals surface area (Å²) in [6.07, 6.45) is 0.954. The van der Waals surface area contributed by atoms with E-state index in [0.717, 1.165) is 6.42 Å². The van der Waals surface area contributed by atoms with Crippen molar-refractivity contribution < 1.29 is 0 Å². The highest BCUT2D eigenvalue weighted by Gasteiger charge is 2.47. The molecule has 9 aromatic carbocycles. The van der Waals surface area contributed by atoms with Gasteiger partial charge >= 0.3 is 6.85 Å². The van der Waals surface area contributed by atoms with Crippen LogP contribution in [0.5, 0.6) is 0 Å². The number of anilines is 2. The van der Waals surface area contributed by atoms with Crippen LogP contribution < -0.4 is 15.7 Å². The molecule has 1 aliphatic carbocycles. The predicted octanol–water partition coefficient (Wildman–Crippen LogP) is 14.3. The Morgan fingerprint density at radius 2 is 1.13 bits per heavy atom. The molecule has 12 rings (SSSR count). The Balaban J connectivity index is 1.21. The smallest absolute Gasteiger partial charge is 0.329 e. The summed E-state index contributed by atoms with van der Waals surface area (Å²) in [5, 5.41) is 2.53. The summed E-state index contributed by atoms with van der Waals surface area (Å²) in [5.41, 5.74) is 26.8. The average Bonchev–Trinajstić information content (AvgIpc) is 3.29. The van der Waals surface area contributed by atoms with E-state index in [2.05, 4.69) is 221 Å². The lowest BCUT2D eigenvalue weighted by molar-refractivity contribution is 0.590. The van der Waals surface area contributed by atoms with E-state index in [1.807, 2.05) is 0 Å². The largest absolute Gasteiger partial charge is 0.376 e. The fraction of sp³-hybridized carbons (Fsp3) is 0.133. The van der Waals surface area contributed by atoms with Crippen molar-refractivity contribution in [2.45, 2.75) is 52.4 Å². The van der Waals surface area contributed by atoms with Crippen LogP contribution in [-0.4, -0.2) is 6.85 Å². The monoisotopic (exact) mass is 793 g/mol. The van der Waals surface area contributed by atoms with Gasteiger partial charge in [0.1, 0.15) is 0 Å². The number of hydrogen-bond acceptors (Lipinski definition) is 1. The lowest BCUT2D eigenvalue weighted by Crippen LogP contribution is -2.62. The first-order valence-corrected chi connectivity index (χ1v) is 22.3. The molecule has 1 atom stereocenters. The van der Waals surface area contributed by atoms with Gasteiger partial charge in [0.25, 0.3) is 0 Å². The van der Waals surface area contributed by atoms with E-state index < -0.39 is 0 Å². The van der Waals surface area contributed by atoms with Crippen molar-refractivity contribution in [1.29, 1.82) is 0 Å². The first-order valence-electron chi connectivity index (χ1n) is 22.3.